The largest absolute Gasteiger partial charge is 0.310 e. The Bertz CT molecular complexity index is 3930. The number of hydrogen-bond donors (Lipinski definition) is 0. The van der Waals surface area contributed by atoms with E-state index >= 15 is 0 Å². The van der Waals surface area contributed by atoms with Gasteiger partial charge in [-0.2, -0.15) is 0 Å². The highest BCUT2D eigenvalue weighted by Crippen LogP contribution is 2.52. The van der Waals surface area contributed by atoms with Crippen molar-refractivity contribution < 1.29 is 0 Å². The van der Waals surface area contributed by atoms with Gasteiger partial charge in [-0.15, -0.1) is 0 Å². The van der Waals surface area contributed by atoms with Crippen molar-refractivity contribution in [3.63, 3.8) is 0 Å². The highest BCUT2D eigenvalue weighted by Gasteiger charge is 2.36. The third kappa shape index (κ3) is 5.76. The Morgan fingerprint density at radius 1 is 0.254 bits per heavy atom. The lowest BCUT2D eigenvalue weighted by atomic mass is 9.81. The molecule has 0 N–H and O–H groups in total. The van der Waals surface area contributed by atoms with E-state index in [4.69, 9.17) is 0 Å². The van der Waals surface area contributed by atoms with Gasteiger partial charge in [-0.1, -0.05) is 166 Å². The molecule has 0 bridgehead atoms. The van der Waals surface area contributed by atoms with Crippen LogP contribution >= 0.6 is 0 Å². The van der Waals surface area contributed by atoms with Gasteiger partial charge in [0.1, 0.15) is 0 Å². The van der Waals surface area contributed by atoms with Gasteiger partial charge in [0.2, 0.25) is 0 Å². The number of nitrogens with zero attached hydrogens (tertiary/aromatic N) is 2. The van der Waals surface area contributed by atoms with Crippen molar-refractivity contribution in [3.8, 4) is 22.3 Å². The normalized spacial score (nSPS) is 13.0. The van der Waals surface area contributed by atoms with Crippen molar-refractivity contribution in [1.82, 2.24) is 0 Å². The lowest BCUT2D eigenvalue weighted by molar-refractivity contribution is 0.660. The molecular formula is C65H44N2. The van der Waals surface area contributed by atoms with Crippen molar-refractivity contribution in [3.05, 3.63) is 242 Å². The van der Waals surface area contributed by atoms with E-state index < -0.39 is 0 Å². The Kier molecular flexibility index (Phi) is 8.06. The van der Waals surface area contributed by atoms with E-state index in [0.29, 0.717) is 0 Å². The van der Waals surface area contributed by atoms with Crippen LogP contribution in [0, 0.1) is 0 Å². The monoisotopic (exact) mass is 852 g/mol. The molecule has 13 aromatic rings. The molecule has 0 amide bonds. The topological polar surface area (TPSA) is 6.48 Å². The number of para-hydroxylation sites is 2. The quantitative estimate of drug-likeness (QED) is 0.147. The maximum Gasteiger partial charge on any atom is 0.0473 e. The zero-order valence-electron chi connectivity index (χ0n) is 37.3. The molecule has 0 saturated heterocycles. The van der Waals surface area contributed by atoms with E-state index in [1.54, 1.807) is 0 Å². The standard InChI is InChI=1S/C65H44N2/c1-65(2)59-39-46(41-27-30-53(31-28-41)66(51-15-5-3-6-16-51)55-35-47-23-19-42-11-9-12-43-20-24-48(36-55)63(47)61(42)43)29-33-57(59)58-34-32-54(40-60(58)65)67(52-17-7-4-8-18-52)56-37-49-25-21-44-13-10-14-45-22-26-50(38-56)64(49)62(44)45/h3-40H,1-2H3. The van der Waals surface area contributed by atoms with Gasteiger partial charge in [0.05, 0.1) is 0 Å². The van der Waals surface area contributed by atoms with E-state index in [9.17, 15) is 0 Å². The summed E-state index contributed by atoms with van der Waals surface area (Å²) in [5, 5.41) is 15.5. The summed E-state index contributed by atoms with van der Waals surface area (Å²) in [4.78, 5) is 4.82. The SMILES string of the molecule is CC1(C)c2cc(-c3ccc(N(c4ccccc4)c4cc5ccc6cccc7ccc(c4)c5c67)cc3)ccc2-c2ccc(N(c3ccccc3)c3cc4ccc5cccc6ccc(c3)c4c56)cc21. The van der Waals surface area contributed by atoms with Crippen LogP contribution in [0.4, 0.5) is 34.1 Å². The van der Waals surface area contributed by atoms with Crippen LogP contribution in [0.2, 0.25) is 0 Å². The minimum atomic E-state index is -0.215. The van der Waals surface area contributed by atoms with Crippen LogP contribution in [0.1, 0.15) is 25.0 Å². The Hall–Kier alpha value is -8.46. The van der Waals surface area contributed by atoms with Crippen LogP contribution in [0.25, 0.3) is 86.9 Å². The van der Waals surface area contributed by atoms with Crippen LogP contribution in [0.3, 0.4) is 0 Å². The molecule has 0 unspecified atom stereocenters. The van der Waals surface area contributed by atoms with Gasteiger partial charge in [-0.3, -0.25) is 0 Å². The first-order valence-corrected chi connectivity index (χ1v) is 23.4. The fraction of sp³-hybridized carbons (Fsp3) is 0.0462. The maximum atomic E-state index is 2.44. The molecule has 13 aromatic carbocycles. The smallest absolute Gasteiger partial charge is 0.0473 e. The van der Waals surface area contributed by atoms with Crippen LogP contribution in [0.5, 0.6) is 0 Å². The summed E-state index contributed by atoms with van der Waals surface area (Å²) in [5.74, 6) is 0. The van der Waals surface area contributed by atoms with Gasteiger partial charge >= 0.3 is 0 Å². The predicted molar refractivity (Wildman–Crippen MR) is 286 cm³/mol. The van der Waals surface area contributed by atoms with Crippen LogP contribution in [-0.4, -0.2) is 0 Å². The number of fused-ring (bicyclic) bond motifs is 3. The Balaban J connectivity index is 0.826. The van der Waals surface area contributed by atoms with Crippen LogP contribution in [0.15, 0.2) is 231 Å². The Morgan fingerprint density at radius 2 is 0.612 bits per heavy atom. The van der Waals surface area contributed by atoms with Crippen molar-refractivity contribution in [2.45, 2.75) is 19.3 Å². The molecule has 314 valence electrons. The van der Waals surface area contributed by atoms with E-state index in [1.807, 2.05) is 0 Å². The second kappa shape index (κ2) is 14.3. The predicted octanol–water partition coefficient (Wildman–Crippen LogP) is 18.4. The first kappa shape index (κ1) is 37.9. The third-order valence-corrected chi connectivity index (χ3v) is 14.8. The number of hydrogen-bond acceptors (Lipinski definition) is 2. The van der Waals surface area contributed by atoms with E-state index in [2.05, 4.69) is 254 Å². The molecule has 2 nitrogen and oxygen atoms in total. The molecule has 67 heavy (non-hydrogen) atoms. The molecule has 1 aliphatic carbocycles. The Morgan fingerprint density at radius 3 is 1.09 bits per heavy atom. The summed E-state index contributed by atoms with van der Waals surface area (Å²) in [6, 6.07) is 85.8. The molecule has 0 spiro atoms. The van der Waals surface area contributed by atoms with Crippen LogP contribution in [-0.2, 0) is 5.41 Å². The van der Waals surface area contributed by atoms with E-state index in [1.165, 1.54) is 98.0 Å². The maximum absolute atomic E-state index is 2.44. The summed E-state index contributed by atoms with van der Waals surface area (Å²) in [6.45, 7) is 4.78. The summed E-state index contributed by atoms with van der Waals surface area (Å²) < 4.78 is 0. The molecule has 0 aromatic heterocycles. The van der Waals surface area contributed by atoms with Gasteiger partial charge in [-0.25, -0.2) is 0 Å². The van der Waals surface area contributed by atoms with E-state index in [-0.39, 0.29) is 5.41 Å². The fourth-order valence-corrected chi connectivity index (χ4v) is 11.6. The third-order valence-electron chi connectivity index (χ3n) is 14.8. The molecule has 0 heterocycles. The first-order chi connectivity index (χ1) is 32.9. The summed E-state index contributed by atoms with van der Waals surface area (Å²) in [5.41, 5.74) is 14.4. The minimum absolute atomic E-state index is 0.215. The molecule has 0 fully saturated rings. The lowest BCUT2D eigenvalue weighted by Gasteiger charge is -2.29. The fourth-order valence-electron chi connectivity index (χ4n) is 11.6. The zero-order chi connectivity index (χ0) is 44.4. The van der Waals surface area contributed by atoms with Gasteiger partial charge in [0.25, 0.3) is 0 Å². The van der Waals surface area contributed by atoms with Gasteiger partial charge < -0.3 is 9.80 Å². The summed E-state index contributed by atoms with van der Waals surface area (Å²) in [6.07, 6.45) is 0. The second-order valence-corrected chi connectivity index (χ2v) is 19.0. The zero-order valence-corrected chi connectivity index (χ0v) is 37.3. The van der Waals surface area contributed by atoms with Crippen molar-refractivity contribution in [1.29, 1.82) is 0 Å². The van der Waals surface area contributed by atoms with Gasteiger partial charge in [-0.05, 0) is 177 Å². The van der Waals surface area contributed by atoms with Crippen LogP contribution < -0.4 is 9.80 Å². The second-order valence-electron chi connectivity index (χ2n) is 19.0. The lowest BCUT2D eigenvalue weighted by Crippen LogP contribution is -2.16. The number of anilines is 6. The molecule has 2 heteroatoms. The molecule has 0 aliphatic heterocycles. The highest BCUT2D eigenvalue weighted by molar-refractivity contribution is 6.25. The average molecular weight is 853 g/mol. The molecule has 1 aliphatic rings. The minimum Gasteiger partial charge on any atom is -0.310 e. The average Bonchev–Trinajstić information content (AvgIpc) is 3.60. The number of benzene rings is 13. The summed E-state index contributed by atoms with van der Waals surface area (Å²) >= 11 is 0. The first-order valence-electron chi connectivity index (χ1n) is 23.4. The van der Waals surface area contributed by atoms with Crippen molar-refractivity contribution in [2.24, 2.45) is 0 Å². The van der Waals surface area contributed by atoms with E-state index in [0.717, 1.165) is 34.1 Å². The molecule has 0 radical (unpaired) electrons. The molecular weight excluding hydrogens is 809 g/mol. The molecule has 0 saturated carbocycles. The van der Waals surface area contributed by atoms with Crippen molar-refractivity contribution >= 4 is 98.8 Å². The number of rotatable bonds is 7. The van der Waals surface area contributed by atoms with Gasteiger partial charge in [0, 0.05) is 39.5 Å². The van der Waals surface area contributed by atoms with Gasteiger partial charge in [0.15, 0.2) is 0 Å². The summed E-state index contributed by atoms with van der Waals surface area (Å²) in [7, 11) is 0. The highest BCUT2D eigenvalue weighted by atomic mass is 15.1. The molecule has 14 rings (SSSR count). The Labute approximate surface area is 389 Å². The van der Waals surface area contributed by atoms with Crippen molar-refractivity contribution in [2.75, 3.05) is 9.80 Å². The molecule has 0 atom stereocenters.